The van der Waals surface area contributed by atoms with Crippen molar-refractivity contribution in [2.45, 2.75) is 31.6 Å². The summed E-state index contributed by atoms with van der Waals surface area (Å²) in [6.07, 6.45) is 1.50. The molecule has 1 aliphatic rings. The van der Waals surface area contributed by atoms with Gasteiger partial charge < -0.3 is 9.26 Å². The smallest absolute Gasteiger partial charge is 0.242 e. The summed E-state index contributed by atoms with van der Waals surface area (Å²) in [5, 5.41) is 3.85. The van der Waals surface area contributed by atoms with Crippen molar-refractivity contribution in [3.63, 3.8) is 0 Å². The second kappa shape index (κ2) is 6.18. The molecule has 0 bridgehead atoms. The molecule has 1 saturated heterocycles. The molecule has 0 aliphatic carbocycles. The first-order chi connectivity index (χ1) is 10.5. The number of hydrogen-bond donors (Lipinski definition) is 0. The lowest BCUT2D eigenvalue weighted by atomic mass is 10.1. The summed E-state index contributed by atoms with van der Waals surface area (Å²) in [6.45, 7) is 2.63. The van der Waals surface area contributed by atoms with Crippen LogP contribution in [0.2, 0.25) is 0 Å². The summed E-state index contributed by atoms with van der Waals surface area (Å²) >= 11 is 0. The molecule has 22 heavy (non-hydrogen) atoms. The van der Waals surface area contributed by atoms with Crippen molar-refractivity contribution in [3.8, 4) is 11.4 Å². The number of benzene rings is 1. The topological polar surface area (TPSA) is 82.3 Å². The number of ether oxygens (including phenoxy) is 1. The molecule has 2 heterocycles. The van der Waals surface area contributed by atoms with Crippen molar-refractivity contribution in [1.29, 1.82) is 0 Å². The summed E-state index contributed by atoms with van der Waals surface area (Å²) < 4.78 is 34.7. The van der Waals surface area contributed by atoms with E-state index in [2.05, 4.69) is 10.1 Å². The first kappa shape index (κ1) is 15.2. The molecule has 2 aromatic rings. The van der Waals surface area contributed by atoms with E-state index < -0.39 is 9.84 Å². The van der Waals surface area contributed by atoms with E-state index >= 15 is 0 Å². The van der Waals surface area contributed by atoms with Crippen molar-refractivity contribution in [2.24, 2.45) is 0 Å². The molecule has 0 radical (unpaired) electrons. The minimum Gasteiger partial charge on any atom is -0.377 e. The summed E-state index contributed by atoms with van der Waals surface area (Å²) in [5.41, 5.74) is 1.93. The van der Waals surface area contributed by atoms with Crippen LogP contribution in [-0.4, -0.2) is 37.0 Å². The Morgan fingerprint density at radius 3 is 2.73 bits per heavy atom. The monoisotopic (exact) mass is 322 g/mol. The Bertz CT molecular complexity index is 731. The second-order valence-corrected chi connectivity index (χ2v) is 7.68. The van der Waals surface area contributed by atoms with Gasteiger partial charge in [0.2, 0.25) is 11.7 Å². The molecule has 1 aliphatic heterocycles. The third-order valence-electron chi connectivity index (χ3n) is 3.59. The van der Waals surface area contributed by atoms with Crippen LogP contribution < -0.4 is 0 Å². The van der Waals surface area contributed by atoms with E-state index in [1.54, 1.807) is 0 Å². The molecule has 0 N–H and O–H groups in total. The van der Waals surface area contributed by atoms with Gasteiger partial charge in [0.25, 0.3) is 0 Å². The van der Waals surface area contributed by atoms with Gasteiger partial charge in [0, 0.05) is 12.2 Å². The second-order valence-electron chi connectivity index (χ2n) is 5.57. The fourth-order valence-electron chi connectivity index (χ4n) is 2.44. The van der Waals surface area contributed by atoms with E-state index in [-0.39, 0.29) is 23.5 Å². The molecule has 1 unspecified atom stereocenters. The quantitative estimate of drug-likeness (QED) is 0.839. The molecule has 1 fully saturated rings. The average Bonchev–Trinajstić information content (AvgIpc) is 3.10. The average molecular weight is 322 g/mol. The minimum atomic E-state index is -3.31. The maximum absolute atomic E-state index is 12.1. The van der Waals surface area contributed by atoms with Gasteiger partial charge >= 0.3 is 0 Å². The minimum absolute atomic E-state index is 0.00917. The van der Waals surface area contributed by atoms with Gasteiger partial charge in [-0.05, 0) is 19.8 Å². The normalized spacial score (nSPS) is 18.7. The lowest BCUT2D eigenvalue weighted by Crippen LogP contribution is -2.21. The van der Waals surface area contributed by atoms with Crippen molar-refractivity contribution in [3.05, 3.63) is 35.7 Å². The molecule has 118 valence electrons. The van der Waals surface area contributed by atoms with E-state index in [4.69, 9.17) is 9.26 Å². The van der Waals surface area contributed by atoms with Gasteiger partial charge in [-0.25, -0.2) is 8.42 Å². The predicted octanol–water partition coefficient (Wildman–Crippen LogP) is 2.14. The van der Waals surface area contributed by atoms with E-state index in [0.29, 0.717) is 12.4 Å². The molecule has 1 atom stereocenters. The zero-order valence-electron chi connectivity index (χ0n) is 12.4. The largest absolute Gasteiger partial charge is 0.377 e. The van der Waals surface area contributed by atoms with Crippen molar-refractivity contribution >= 4 is 9.84 Å². The predicted molar refractivity (Wildman–Crippen MR) is 80.9 cm³/mol. The number of rotatable bonds is 5. The van der Waals surface area contributed by atoms with Gasteiger partial charge in [-0.2, -0.15) is 4.98 Å². The van der Waals surface area contributed by atoms with Gasteiger partial charge in [0.15, 0.2) is 9.84 Å². The molecule has 3 rings (SSSR count). The number of sulfone groups is 1. The third-order valence-corrected chi connectivity index (χ3v) is 5.15. The van der Waals surface area contributed by atoms with Crippen LogP contribution in [0.5, 0.6) is 0 Å². The first-order valence-corrected chi connectivity index (χ1v) is 9.06. The van der Waals surface area contributed by atoms with Crippen LogP contribution in [0.4, 0.5) is 0 Å². The van der Waals surface area contributed by atoms with Crippen LogP contribution in [0, 0.1) is 6.92 Å². The Morgan fingerprint density at radius 1 is 1.27 bits per heavy atom. The van der Waals surface area contributed by atoms with E-state index in [1.165, 1.54) is 0 Å². The summed E-state index contributed by atoms with van der Waals surface area (Å²) in [4.78, 5) is 4.17. The highest BCUT2D eigenvalue weighted by atomic mass is 32.2. The van der Waals surface area contributed by atoms with Gasteiger partial charge in [-0.15, -0.1) is 0 Å². The molecular weight excluding hydrogens is 304 g/mol. The molecule has 0 spiro atoms. The highest BCUT2D eigenvalue weighted by Crippen LogP contribution is 2.19. The number of aryl methyl sites for hydroxylation is 1. The Balaban J connectivity index is 1.69. The number of hydrogen-bond acceptors (Lipinski definition) is 6. The molecule has 6 nitrogen and oxygen atoms in total. The highest BCUT2D eigenvalue weighted by molar-refractivity contribution is 7.90. The van der Waals surface area contributed by atoms with Crippen LogP contribution in [-0.2, 0) is 20.3 Å². The van der Waals surface area contributed by atoms with Crippen molar-refractivity contribution < 1.29 is 17.7 Å². The van der Waals surface area contributed by atoms with Gasteiger partial charge in [-0.1, -0.05) is 35.0 Å². The van der Waals surface area contributed by atoms with Crippen LogP contribution >= 0.6 is 0 Å². The molecule has 7 heteroatoms. The van der Waals surface area contributed by atoms with Gasteiger partial charge in [-0.3, -0.25) is 0 Å². The Morgan fingerprint density at radius 2 is 2.05 bits per heavy atom. The Kier molecular flexibility index (Phi) is 4.26. The van der Waals surface area contributed by atoms with Crippen LogP contribution in [0.15, 0.2) is 28.8 Å². The van der Waals surface area contributed by atoms with Gasteiger partial charge in [0.1, 0.15) is 5.75 Å². The fraction of sp³-hybridized carbons (Fsp3) is 0.467. The Hall–Kier alpha value is -1.73. The van der Waals surface area contributed by atoms with Gasteiger partial charge in [0.05, 0.1) is 11.9 Å². The Labute approximate surface area is 129 Å². The lowest BCUT2D eigenvalue weighted by molar-refractivity contribution is 0.127. The first-order valence-electron chi connectivity index (χ1n) is 7.23. The van der Waals surface area contributed by atoms with Crippen LogP contribution in [0.1, 0.15) is 24.3 Å². The van der Waals surface area contributed by atoms with E-state index in [0.717, 1.165) is 24.0 Å². The van der Waals surface area contributed by atoms with Crippen LogP contribution in [0.3, 0.4) is 0 Å². The van der Waals surface area contributed by atoms with Crippen molar-refractivity contribution in [2.75, 3.05) is 12.4 Å². The highest BCUT2D eigenvalue weighted by Gasteiger charge is 2.25. The molecule has 0 saturated carbocycles. The maximum Gasteiger partial charge on any atom is 0.242 e. The number of nitrogens with zero attached hydrogens (tertiary/aromatic N) is 2. The number of aromatic nitrogens is 2. The molecule has 0 amide bonds. The molecule has 1 aromatic heterocycles. The third kappa shape index (κ3) is 3.72. The summed E-state index contributed by atoms with van der Waals surface area (Å²) in [5.74, 6) is 0.289. The van der Waals surface area contributed by atoms with Crippen LogP contribution in [0.25, 0.3) is 11.4 Å². The SMILES string of the molecule is Cc1ccc(-c2noc(CS(=O)(=O)CC3CCCO3)n2)cc1. The molecular formula is C15H18N2O4S. The standard InChI is InChI=1S/C15H18N2O4S/c1-11-4-6-12(7-5-11)15-16-14(21-17-15)10-22(18,19)9-13-3-2-8-20-13/h4-7,13H,2-3,8-10H2,1H3. The van der Waals surface area contributed by atoms with E-state index in [1.807, 2.05) is 31.2 Å². The lowest BCUT2D eigenvalue weighted by Gasteiger charge is -2.08. The fourth-order valence-corrected chi connectivity index (χ4v) is 3.88. The zero-order chi connectivity index (χ0) is 15.6. The maximum atomic E-state index is 12.1. The zero-order valence-corrected chi connectivity index (χ0v) is 13.2. The van der Waals surface area contributed by atoms with E-state index in [9.17, 15) is 8.42 Å². The summed E-state index contributed by atoms with van der Waals surface area (Å²) in [6, 6.07) is 7.65. The molecule has 1 aromatic carbocycles. The summed E-state index contributed by atoms with van der Waals surface area (Å²) in [7, 11) is -3.31. The van der Waals surface area contributed by atoms with Crippen molar-refractivity contribution in [1.82, 2.24) is 10.1 Å².